The summed E-state index contributed by atoms with van der Waals surface area (Å²) in [5, 5.41) is 0. The van der Waals surface area contributed by atoms with Gasteiger partial charge in [0.2, 0.25) is 10.0 Å². The van der Waals surface area contributed by atoms with Crippen molar-refractivity contribution in [3.8, 4) is 0 Å². The molecule has 112 valence electrons. The van der Waals surface area contributed by atoms with E-state index in [1.807, 2.05) is 37.2 Å². The Bertz CT molecular complexity index is 541. The first-order chi connectivity index (χ1) is 9.48. The van der Waals surface area contributed by atoms with Crippen LogP contribution < -0.4 is 4.72 Å². The number of fused-ring (bicyclic) bond motifs is 1. The molecule has 1 aliphatic carbocycles. The molecule has 0 saturated heterocycles. The number of benzene rings is 1. The van der Waals surface area contributed by atoms with E-state index in [4.69, 9.17) is 0 Å². The predicted molar refractivity (Wildman–Crippen MR) is 82.2 cm³/mol. The van der Waals surface area contributed by atoms with Gasteiger partial charge in [0.25, 0.3) is 0 Å². The number of hydrogen-bond donors (Lipinski definition) is 1. The van der Waals surface area contributed by atoms with Crippen molar-refractivity contribution in [3.05, 3.63) is 35.4 Å². The van der Waals surface area contributed by atoms with E-state index in [-0.39, 0.29) is 11.8 Å². The third kappa shape index (κ3) is 4.30. The summed E-state index contributed by atoms with van der Waals surface area (Å²) < 4.78 is 27.2. The molecule has 0 fully saturated rings. The van der Waals surface area contributed by atoms with Crippen LogP contribution in [0.15, 0.2) is 24.3 Å². The van der Waals surface area contributed by atoms with Gasteiger partial charge in [0, 0.05) is 6.04 Å². The Labute approximate surface area is 122 Å². The van der Waals surface area contributed by atoms with Gasteiger partial charge in [-0.15, -0.1) is 0 Å². The van der Waals surface area contributed by atoms with Gasteiger partial charge in [0.15, 0.2) is 0 Å². The minimum atomic E-state index is -3.20. The van der Waals surface area contributed by atoms with Gasteiger partial charge in [-0.3, -0.25) is 0 Å². The Kier molecular flexibility index (Phi) is 5.18. The fraction of sp³-hybridized carbons (Fsp3) is 0.600. The van der Waals surface area contributed by atoms with Gasteiger partial charge in [-0.1, -0.05) is 24.3 Å². The number of sulfonamides is 1. The predicted octanol–water partition coefficient (Wildman–Crippen LogP) is 1.94. The molecule has 5 heteroatoms. The maximum Gasteiger partial charge on any atom is 0.212 e. The summed E-state index contributed by atoms with van der Waals surface area (Å²) in [6.07, 6.45) is 3.65. The zero-order valence-electron chi connectivity index (χ0n) is 12.3. The van der Waals surface area contributed by atoms with Crippen LogP contribution in [0.3, 0.4) is 0 Å². The second-order valence-corrected chi connectivity index (χ2v) is 7.61. The molecule has 0 bridgehead atoms. The average molecular weight is 296 g/mol. The zero-order valence-corrected chi connectivity index (χ0v) is 13.1. The number of nitrogens with one attached hydrogen (secondary N) is 1. The van der Waals surface area contributed by atoms with Crippen molar-refractivity contribution in [1.82, 2.24) is 9.62 Å². The largest absolute Gasteiger partial charge is 0.309 e. The molecular formula is C15H24N2O2S. The van der Waals surface area contributed by atoms with Crippen molar-refractivity contribution in [1.29, 1.82) is 0 Å². The quantitative estimate of drug-likeness (QED) is 0.873. The molecule has 20 heavy (non-hydrogen) atoms. The second kappa shape index (κ2) is 6.70. The van der Waals surface area contributed by atoms with E-state index in [1.54, 1.807) is 0 Å². The van der Waals surface area contributed by atoms with Gasteiger partial charge in [-0.25, -0.2) is 13.1 Å². The lowest BCUT2D eigenvalue weighted by atomic mass is 9.88. The lowest BCUT2D eigenvalue weighted by Gasteiger charge is -2.26. The molecule has 1 atom stereocenters. The molecule has 2 rings (SSSR count). The molecule has 1 N–H and O–H groups in total. The molecule has 0 aromatic heterocycles. The van der Waals surface area contributed by atoms with Crippen LogP contribution in [0, 0.1) is 0 Å². The maximum absolute atomic E-state index is 12.2. The standard InChI is InChI=1S/C15H24N2O2S/c1-17(2)11-6-12-20(18,19)16-15-10-5-8-13-7-3-4-9-14(13)15/h3-4,7,9,15-16H,5-6,8,10-12H2,1-2H3/t15-/m1/s1. The molecule has 1 aliphatic rings. The smallest absolute Gasteiger partial charge is 0.212 e. The van der Waals surface area contributed by atoms with E-state index >= 15 is 0 Å². The molecule has 0 unspecified atom stereocenters. The minimum Gasteiger partial charge on any atom is -0.309 e. The Morgan fingerprint density at radius 3 is 2.80 bits per heavy atom. The Balaban J connectivity index is 2.00. The molecule has 1 aromatic rings. The lowest BCUT2D eigenvalue weighted by molar-refractivity contribution is 0.407. The van der Waals surface area contributed by atoms with Gasteiger partial charge in [0.1, 0.15) is 0 Å². The van der Waals surface area contributed by atoms with Crippen LogP contribution >= 0.6 is 0 Å². The highest BCUT2D eigenvalue weighted by molar-refractivity contribution is 7.89. The molecule has 0 amide bonds. The fourth-order valence-electron chi connectivity index (χ4n) is 2.72. The molecule has 0 radical (unpaired) electrons. The van der Waals surface area contributed by atoms with Crippen LogP contribution in [-0.2, 0) is 16.4 Å². The summed E-state index contributed by atoms with van der Waals surface area (Å²) in [6.45, 7) is 0.794. The van der Waals surface area contributed by atoms with Crippen LogP contribution in [0.5, 0.6) is 0 Å². The average Bonchev–Trinajstić information content (AvgIpc) is 2.38. The first-order valence-corrected chi connectivity index (χ1v) is 8.86. The highest BCUT2D eigenvalue weighted by atomic mass is 32.2. The van der Waals surface area contributed by atoms with Crippen LogP contribution in [0.4, 0.5) is 0 Å². The summed E-state index contributed by atoms with van der Waals surface area (Å²) in [4.78, 5) is 2.01. The molecular weight excluding hydrogens is 272 g/mol. The molecule has 0 aliphatic heterocycles. The highest BCUT2D eigenvalue weighted by Gasteiger charge is 2.24. The lowest BCUT2D eigenvalue weighted by Crippen LogP contribution is -2.33. The first kappa shape index (κ1) is 15.5. The summed E-state index contributed by atoms with van der Waals surface area (Å²) in [5.41, 5.74) is 2.43. The van der Waals surface area contributed by atoms with Gasteiger partial charge >= 0.3 is 0 Å². The van der Waals surface area contributed by atoms with E-state index in [1.165, 1.54) is 5.56 Å². The summed E-state index contributed by atoms with van der Waals surface area (Å²) in [7, 11) is 0.715. The molecule has 0 heterocycles. The summed E-state index contributed by atoms with van der Waals surface area (Å²) in [5.74, 6) is 0.198. The monoisotopic (exact) mass is 296 g/mol. The van der Waals surface area contributed by atoms with E-state index < -0.39 is 10.0 Å². The SMILES string of the molecule is CN(C)CCCS(=O)(=O)N[C@@H]1CCCc2ccccc21. The minimum absolute atomic E-state index is 0.0516. The number of hydrogen-bond acceptors (Lipinski definition) is 3. The third-order valence-corrected chi connectivity index (χ3v) is 5.18. The zero-order chi connectivity index (χ0) is 14.6. The van der Waals surface area contributed by atoms with Crippen molar-refractivity contribution in [3.63, 3.8) is 0 Å². The maximum atomic E-state index is 12.2. The van der Waals surface area contributed by atoms with Crippen molar-refractivity contribution < 1.29 is 8.42 Å². The number of aryl methyl sites for hydroxylation is 1. The molecule has 1 aromatic carbocycles. The van der Waals surface area contributed by atoms with Crippen molar-refractivity contribution in [2.75, 3.05) is 26.4 Å². The van der Waals surface area contributed by atoms with Crippen LogP contribution in [0.25, 0.3) is 0 Å². The summed E-state index contributed by atoms with van der Waals surface area (Å²) >= 11 is 0. The van der Waals surface area contributed by atoms with E-state index in [2.05, 4.69) is 10.8 Å². The second-order valence-electron chi connectivity index (χ2n) is 5.74. The third-order valence-electron chi connectivity index (χ3n) is 3.71. The normalized spacial score (nSPS) is 19.1. The van der Waals surface area contributed by atoms with Crippen LogP contribution in [0.1, 0.15) is 36.4 Å². The molecule has 0 spiro atoms. The van der Waals surface area contributed by atoms with Crippen molar-refractivity contribution >= 4 is 10.0 Å². The highest BCUT2D eigenvalue weighted by Crippen LogP contribution is 2.29. The Hall–Kier alpha value is -0.910. The van der Waals surface area contributed by atoms with Gasteiger partial charge in [-0.05, 0) is 57.5 Å². The van der Waals surface area contributed by atoms with Crippen LogP contribution in [-0.4, -0.2) is 39.7 Å². The van der Waals surface area contributed by atoms with Crippen LogP contribution in [0.2, 0.25) is 0 Å². The topological polar surface area (TPSA) is 49.4 Å². The van der Waals surface area contributed by atoms with E-state index in [9.17, 15) is 8.42 Å². The van der Waals surface area contributed by atoms with Crippen molar-refractivity contribution in [2.45, 2.75) is 31.7 Å². The molecule has 4 nitrogen and oxygen atoms in total. The summed E-state index contributed by atoms with van der Waals surface area (Å²) in [6, 6.07) is 8.09. The van der Waals surface area contributed by atoms with Gasteiger partial charge in [-0.2, -0.15) is 0 Å². The first-order valence-electron chi connectivity index (χ1n) is 7.20. The number of rotatable bonds is 6. The Morgan fingerprint density at radius 1 is 1.30 bits per heavy atom. The van der Waals surface area contributed by atoms with Gasteiger partial charge in [0.05, 0.1) is 5.75 Å². The van der Waals surface area contributed by atoms with Gasteiger partial charge < -0.3 is 4.90 Å². The molecule has 0 saturated carbocycles. The van der Waals surface area contributed by atoms with E-state index in [0.29, 0.717) is 6.42 Å². The van der Waals surface area contributed by atoms with E-state index in [0.717, 1.165) is 31.4 Å². The Morgan fingerprint density at radius 2 is 2.05 bits per heavy atom. The fourth-order valence-corrected chi connectivity index (χ4v) is 4.03. The van der Waals surface area contributed by atoms with Crippen molar-refractivity contribution in [2.24, 2.45) is 0 Å². The number of nitrogens with zero attached hydrogens (tertiary/aromatic N) is 1.